The zero-order valence-electron chi connectivity index (χ0n) is 21.2. The highest BCUT2D eigenvalue weighted by Crippen LogP contribution is 2.57. The molecule has 0 aromatic heterocycles. The molecule has 2 amide bonds. The number of hydrogen-bond donors (Lipinski definition) is 3. The van der Waals surface area contributed by atoms with Crippen molar-refractivity contribution in [3.63, 3.8) is 0 Å². The summed E-state index contributed by atoms with van der Waals surface area (Å²) in [6.45, 7) is 2.40. The van der Waals surface area contributed by atoms with E-state index in [1.54, 1.807) is 43.3 Å². The Bertz CT molecular complexity index is 1110. The van der Waals surface area contributed by atoms with Crippen molar-refractivity contribution in [2.24, 2.45) is 11.8 Å². The summed E-state index contributed by atoms with van der Waals surface area (Å²) >= 11 is 0. The Morgan fingerprint density at radius 1 is 1.05 bits per heavy atom. The fraction of sp³-hybridized carbons (Fsp3) is 0.517. The Morgan fingerprint density at radius 3 is 2.35 bits per heavy atom. The largest absolute Gasteiger partial charge is 0.486 e. The number of amides is 2. The minimum Gasteiger partial charge on any atom is -0.486 e. The Labute approximate surface area is 216 Å². The van der Waals surface area contributed by atoms with E-state index in [0.717, 1.165) is 37.7 Å². The molecule has 2 aromatic carbocycles. The summed E-state index contributed by atoms with van der Waals surface area (Å²) in [5.74, 6) is 0.784. The first-order valence-electron chi connectivity index (χ1n) is 13.2. The summed E-state index contributed by atoms with van der Waals surface area (Å²) in [6, 6.07) is 12.5. The number of hydrogen-bond acceptors (Lipinski definition) is 5. The number of aliphatic hydroxyl groups is 1. The van der Waals surface area contributed by atoms with Crippen molar-refractivity contribution < 1.29 is 28.6 Å². The Morgan fingerprint density at radius 2 is 1.73 bits per heavy atom. The van der Waals surface area contributed by atoms with Crippen LogP contribution in [0.2, 0.25) is 0 Å². The van der Waals surface area contributed by atoms with Gasteiger partial charge in [-0.25, -0.2) is 14.0 Å². The topological polar surface area (TPSA) is 96.9 Å². The summed E-state index contributed by atoms with van der Waals surface area (Å²) in [6.07, 6.45) is 5.38. The van der Waals surface area contributed by atoms with Gasteiger partial charge in [0.1, 0.15) is 17.7 Å². The van der Waals surface area contributed by atoms with Crippen LogP contribution in [0, 0.1) is 17.7 Å². The van der Waals surface area contributed by atoms with Gasteiger partial charge in [-0.3, -0.25) is 0 Å². The van der Waals surface area contributed by atoms with E-state index in [1.165, 1.54) is 12.1 Å². The van der Waals surface area contributed by atoms with Crippen LogP contribution >= 0.6 is 0 Å². The van der Waals surface area contributed by atoms with E-state index < -0.39 is 17.7 Å². The predicted octanol–water partition coefficient (Wildman–Crippen LogP) is 4.90. The molecule has 0 spiro atoms. The van der Waals surface area contributed by atoms with Crippen LogP contribution < -0.4 is 15.4 Å². The molecule has 3 atom stereocenters. The molecule has 4 saturated carbocycles. The number of carbonyl (C=O) groups is 2. The number of esters is 1. The lowest BCUT2D eigenvalue weighted by Gasteiger charge is -2.60. The highest BCUT2D eigenvalue weighted by molar-refractivity contribution is 5.89. The summed E-state index contributed by atoms with van der Waals surface area (Å²) in [5, 5.41) is 17.1. The standard InChI is InChI=1S/C29H35FN2O5/c1-2-36-26(33)22-5-9-24(10-6-22)37-25(21-3-7-23(30)8-4-21)11-12-31-27(34)32-28-14-19-13-20(15-28)17-29(35,16-19)18-28/h3-10,19-20,25,35H,2,11-18H2,1H3,(H2,31,32,34). The number of rotatable bonds is 9. The third kappa shape index (κ3) is 5.90. The average Bonchev–Trinajstić information content (AvgIpc) is 2.82. The number of ether oxygens (including phenoxy) is 2. The zero-order chi connectivity index (χ0) is 26.0. The Kier molecular flexibility index (Phi) is 7.12. The SMILES string of the molecule is CCOC(=O)c1ccc(OC(CCNC(=O)NC23CC4CC(CC(O)(C4)C2)C3)c2ccc(F)cc2)cc1. The van der Waals surface area contributed by atoms with E-state index >= 15 is 0 Å². The number of urea groups is 1. The van der Waals surface area contributed by atoms with E-state index in [0.29, 0.717) is 49.1 Å². The van der Waals surface area contributed by atoms with Crippen LogP contribution in [0.1, 0.15) is 73.9 Å². The molecule has 198 valence electrons. The van der Waals surface area contributed by atoms with Gasteiger partial charge in [-0.2, -0.15) is 0 Å². The van der Waals surface area contributed by atoms with Gasteiger partial charge in [-0.1, -0.05) is 12.1 Å². The third-order valence-electron chi connectivity index (χ3n) is 7.99. The molecule has 4 aliphatic rings. The van der Waals surface area contributed by atoms with Gasteiger partial charge in [0.05, 0.1) is 17.8 Å². The van der Waals surface area contributed by atoms with Crippen LogP contribution in [-0.2, 0) is 4.74 Å². The van der Waals surface area contributed by atoms with Crippen LogP contribution in [0.25, 0.3) is 0 Å². The lowest BCUT2D eigenvalue weighted by molar-refractivity contribution is -0.139. The molecule has 7 nitrogen and oxygen atoms in total. The molecule has 6 rings (SSSR count). The van der Waals surface area contributed by atoms with Crippen LogP contribution in [0.5, 0.6) is 5.75 Å². The van der Waals surface area contributed by atoms with Gasteiger partial charge in [0.2, 0.25) is 0 Å². The summed E-state index contributed by atoms with van der Waals surface area (Å²) in [7, 11) is 0. The molecule has 0 aliphatic heterocycles. The molecule has 8 heteroatoms. The average molecular weight is 511 g/mol. The first-order chi connectivity index (χ1) is 17.7. The Balaban J connectivity index is 1.20. The zero-order valence-corrected chi connectivity index (χ0v) is 21.2. The lowest BCUT2D eigenvalue weighted by atomic mass is 9.51. The van der Waals surface area contributed by atoms with E-state index in [-0.39, 0.29) is 17.4 Å². The van der Waals surface area contributed by atoms with Gasteiger partial charge in [0.25, 0.3) is 0 Å². The van der Waals surface area contributed by atoms with Crippen LogP contribution in [0.4, 0.5) is 9.18 Å². The fourth-order valence-electron chi connectivity index (χ4n) is 6.98. The van der Waals surface area contributed by atoms with Crippen molar-refractivity contribution in [3.05, 3.63) is 65.5 Å². The monoisotopic (exact) mass is 510 g/mol. The minimum absolute atomic E-state index is 0.234. The summed E-state index contributed by atoms with van der Waals surface area (Å²) < 4.78 is 24.7. The number of nitrogens with one attached hydrogen (secondary N) is 2. The number of benzene rings is 2. The Hall–Kier alpha value is -3.13. The second kappa shape index (κ2) is 10.3. The molecule has 37 heavy (non-hydrogen) atoms. The number of halogens is 1. The van der Waals surface area contributed by atoms with Gasteiger partial charge in [-0.15, -0.1) is 0 Å². The normalized spacial score (nSPS) is 28.4. The van der Waals surface area contributed by atoms with Crippen LogP contribution in [-0.4, -0.2) is 41.4 Å². The molecule has 3 N–H and O–H groups in total. The first kappa shape index (κ1) is 25.5. The van der Waals surface area contributed by atoms with Crippen molar-refractivity contribution in [2.75, 3.05) is 13.2 Å². The molecule has 2 aromatic rings. The maximum Gasteiger partial charge on any atom is 0.338 e. The predicted molar refractivity (Wildman–Crippen MR) is 136 cm³/mol. The molecule has 0 saturated heterocycles. The number of carbonyl (C=O) groups excluding carboxylic acids is 2. The van der Waals surface area contributed by atoms with E-state index in [1.807, 2.05) is 0 Å². The minimum atomic E-state index is -0.637. The van der Waals surface area contributed by atoms with Crippen molar-refractivity contribution in [3.8, 4) is 5.75 Å². The highest BCUT2D eigenvalue weighted by Gasteiger charge is 2.57. The highest BCUT2D eigenvalue weighted by atomic mass is 19.1. The van der Waals surface area contributed by atoms with Gasteiger partial charge in [0.15, 0.2) is 0 Å². The molecular weight excluding hydrogens is 475 g/mol. The third-order valence-corrected chi connectivity index (χ3v) is 7.99. The maximum absolute atomic E-state index is 13.5. The molecule has 4 bridgehead atoms. The summed E-state index contributed by atoms with van der Waals surface area (Å²) in [4.78, 5) is 24.8. The van der Waals surface area contributed by atoms with Crippen molar-refractivity contribution >= 4 is 12.0 Å². The molecule has 4 aliphatic carbocycles. The van der Waals surface area contributed by atoms with Crippen LogP contribution in [0.15, 0.2) is 48.5 Å². The van der Waals surface area contributed by atoms with E-state index in [4.69, 9.17) is 9.47 Å². The molecular formula is C29H35FN2O5. The smallest absolute Gasteiger partial charge is 0.338 e. The maximum atomic E-state index is 13.5. The van der Waals surface area contributed by atoms with E-state index in [2.05, 4.69) is 10.6 Å². The summed E-state index contributed by atoms with van der Waals surface area (Å²) in [5.41, 5.74) is 0.250. The van der Waals surface area contributed by atoms with Gasteiger partial charge >= 0.3 is 12.0 Å². The molecule has 0 heterocycles. The second-order valence-corrected chi connectivity index (χ2v) is 11.0. The van der Waals surface area contributed by atoms with Gasteiger partial charge < -0.3 is 25.2 Å². The first-order valence-corrected chi connectivity index (χ1v) is 13.2. The van der Waals surface area contributed by atoms with Crippen LogP contribution in [0.3, 0.4) is 0 Å². The quantitative estimate of drug-likeness (QED) is 0.417. The molecule has 4 fully saturated rings. The fourth-order valence-corrected chi connectivity index (χ4v) is 6.98. The molecule has 0 radical (unpaired) electrons. The van der Waals surface area contributed by atoms with Gasteiger partial charge in [0, 0.05) is 18.5 Å². The second-order valence-electron chi connectivity index (χ2n) is 11.0. The van der Waals surface area contributed by atoms with Crippen molar-refractivity contribution in [1.82, 2.24) is 10.6 Å². The van der Waals surface area contributed by atoms with Crippen molar-refractivity contribution in [1.29, 1.82) is 0 Å². The van der Waals surface area contributed by atoms with Crippen molar-refractivity contribution in [2.45, 2.75) is 69.1 Å². The molecule has 3 unspecified atom stereocenters. The van der Waals surface area contributed by atoms with E-state index in [9.17, 15) is 19.1 Å². The van der Waals surface area contributed by atoms with Gasteiger partial charge in [-0.05, 0) is 99.2 Å². The lowest BCUT2D eigenvalue weighted by Crippen LogP contribution is -2.66.